The number of hydrogen-bond acceptors (Lipinski definition) is 8. The van der Waals surface area contributed by atoms with Crippen LogP contribution in [0.5, 0.6) is 11.6 Å². The van der Waals surface area contributed by atoms with Crippen LogP contribution < -0.4 is 20.7 Å². The maximum Gasteiger partial charge on any atom is 0.422 e. The van der Waals surface area contributed by atoms with Crippen molar-refractivity contribution in [3.05, 3.63) is 57.1 Å². The van der Waals surface area contributed by atoms with Gasteiger partial charge >= 0.3 is 11.9 Å². The molecule has 0 radical (unpaired) electrons. The Balaban J connectivity index is 1.79. The average molecular weight is 502 g/mol. The second-order valence-electron chi connectivity index (χ2n) is 6.86. The third-order valence-corrected chi connectivity index (χ3v) is 4.41. The zero-order valence-electron chi connectivity index (χ0n) is 20.0. The lowest BCUT2D eigenvalue weighted by atomic mass is 10.2. The molecule has 0 bridgehead atoms. The van der Waals surface area contributed by atoms with Gasteiger partial charge in [0.2, 0.25) is 12.0 Å². The predicted octanol–water partition coefficient (Wildman–Crippen LogP) is 2.13. The maximum atomic E-state index is 14.0. The first kappa shape index (κ1) is 20.0. The van der Waals surface area contributed by atoms with E-state index in [1.54, 1.807) is 0 Å². The maximum absolute atomic E-state index is 14.0. The lowest BCUT2D eigenvalue weighted by Gasteiger charge is -2.17. The summed E-state index contributed by atoms with van der Waals surface area (Å²) >= 11 is 0. The molecule has 0 aliphatic heterocycles. The van der Waals surface area contributed by atoms with E-state index in [0.717, 1.165) is 30.6 Å². The molecule has 0 unspecified atom stereocenters. The van der Waals surface area contributed by atoms with Crippen molar-refractivity contribution in [3.63, 3.8) is 0 Å². The molecular formula is C19H14F5N7O4. The molecule has 35 heavy (non-hydrogen) atoms. The van der Waals surface area contributed by atoms with Gasteiger partial charge in [-0.2, -0.15) is 13.2 Å². The smallest absolute Gasteiger partial charge is 0.422 e. The molecule has 0 aliphatic carbocycles. The topological polar surface area (TPSA) is 141 Å². The zero-order valence-corrected chi connectivity index (χ0v) is 17.0. The van der Waals surface area contributed by atoms with E-state index >= 15 is 0 Å². The molecule has 0 saturated carbocycles. The molecule has 184 valence electrons. The molecule has 1 atom stereocenters. The fraction of sp³-hybridized carbons (Fsp3) is 0.263. The number of ether oxygens (including phenoxy) is 2. The second kappa shape index (κ2) is 9.11. The Bertz CT molecular complexity index is 1590. The van der Waals surface area contributed by atoms with Gasteiger partial charge in [0.1, 0.15) is 11.4 Å². The van der Waals surface area contributed by atoms with Crippen molar-refractivity contribution in [1.29, 1.82) is 0 Å². The van der Waals surface area contributed by atoms with Gasteiger partial charge in [-0.1, -0.05) is 0 Å². The number of aromatic amines is 2. The van der Waals surface area contributed by atoms with Crippen LogP contribution in [0.2, 0.25) is 0 Å². The summed E-state index contributed by atoms with van der Waals surface area (Å²) in [6.07, 6.45) is -8.31. The molecule has 0 spiro atoms. The summed E-state index contributed by atoms with van der Waals surface area (Å²) < 4.78 is 98.6. The highest BCUT2D eigenvalue weighted by molar-refractivity contribution is 5.84. The Labute approximate surface area is 194 Å². The first-order valence-corrected chi connectivity index (χ1v) is 9.42. The van der Waals surface area contributed by atoms with Crippen LogP contribution in [0.4, 0.5) is 22.0 Å². The summed E-state index contributed by atoms with van der Waals surface area (Å²) in [5.74, 6) is -1.10. The number of aromatic nitrogens is 7. The average Bonchev–Trinajstić information content (AvgIpc) is 3.19. The number of halogens is 5. The van der Waals surface area contributed by atoms with Crippen LogP contribution in [0.1, 0.15) is 15.9 Å². The minimum Gasteiger partial charge on any atom is -0.484 e. The van der Waals surface area contributed by atoms with Crippen molar-refractivity contribution in [2.24, 2.45) is 6.98 Å². The SMILES string of the molecule is [2H]C([2H])([2H])n1nc(O[C@H](c2cc(OCC(F)(F)F)ccn2)C(F)F)c2cc(-c3c[nH]c(=O)[nH]c3=O)nnc21. The van der Waals surface area contributed by atoms with Gasteiger partial charge in [0.25, 0.3) is 12.0 Å². The second-order valence-corrected chi connectivity index (χ2v) is 6.86. The van der Waals surface area contributed by atoms with Crippen LogP contribution in [0, 0.1) is 0 Å². The number of nitrogens with one attached hydrogen (secondary N) is 2. The van der Waals surface area contributed by atoms with E-state index in [0.29, 0.717) is 4.68 Å². The van der Waals surface area contributed by atoms with Gasteiger partial charge in [-0.25, -0.2) is 18.3 Å². The number of fused-ring (bicyclic) bond motifs is 1. The minimum absolute atomic E-state index is 0.195. The molecule has 2 N–H and O–H groups in total. The highest BCUT2D eigenvalue weighted by Crippen LogP contribution is 2.32. The molecule has 0 fully saturated rings. The van der Waals surface area contributed by atoms with Gasteiger partial charge in [0.15, 0.2) is 12.3 Å². The Kier molecular flexibility index (Phi) is 5.22. The number of hydrogen-bond donors (Lipinski definition) is 2. The molecule has 11 nitrogen and oxygen atoms in total. The van der Waals surface area contributed by atoms with Crippen LogP contribution in [0.15, 0.2) is 40.2 Å². The molecule has 4 heterocycles. The molecule has 4 aromatic heterocycles. The van der Waals surface area contributed by atoms with Crippen LogP contribution in [0.3, 0.4) is 0 Å². The monoisotopic (exact) mass is 502 g/mol. The van der Waals surface area contributed by atoms with E-state index in [2.05, 4.69) is 30.0 Å². The minimum atomic E-state index is -4.69. The standard InChI is InChI=1S/C19H14F5N7O4/c1-31-15-9(5-11(28-29-15)10-6-26-18(33)27-16(10)32)17(30-31)35-13(14(20)21)12-4-8(2-3-25-12)34-7-19(22,23)24/h2-6,13-14H,7H2,1H3,(H2,26,27,32,33)/t13-/m1/s1/i1D3. The van der Waals surface area contributed by atoms with E-state index in [-0.39, 0.29) is 16.6 Å². The van der Waals surface area contributed by atoms with Crippen LogP contribution in [-0.4, -0.2) is 54.1 Å². The van der Waals surface area contributed by atoms with Crippen molar-refractivity contribution in [2.75, 3.05) is 6.61 Å². The summed E-state index contributed by atoms with van der Waals surface area (Å²) in [7, 11) is 0. The van der Waals surface area contributed by atoms with Crippen LogP contribution >= 0.6 is 0 Å². The normalized spacial score (nSPS) is 14.4. The van der Waals surface area contributed by atoms with Crippen LogP contribution in [0.25, 0.3) is 22.3 Å². The van der Waals surface area contributed by atoms with Gasteiger partial charge in [-0.3, -0.25) is 14.8 Å². The van der Waals surface area contributed by atoms with E-state index in [1.165, 1.54) is 0 Å². The van der Waals surface area contributed by atoms with Crippen molar-refractivity contribution in [3.8, 4) is 22.9 Å². The Morgan fingerprint density at radius 1 is 1.23 bits per heavy atom. The third kappa shape index (κ3) is 5.25. The molecule has 4 rings (SSSR count). The molecule has 0 aliphatic rings. The van der Waals surface area contributed by atoms with Crippen LogP contribution in [-0.2, 0) is 6.98 Å². The number of H-pyrrole nitrogens is 2. The fourth-order valence-electron chi connectivity index (χ4n) is 2.91. The third-order valence-electron chi connectivity index (χ3n) is 4.41. The molecule has 0 saturated heterocycles. The molecule has 4 aromatic rings. The van der Waals surface area contributed by atoms with Crippen molar-refractivity contribution >= 4 is 11.0 Å². The van der Waals surface area contributed by atoms with Gasteiger partial charge in [0.05, 0.1) is 16.6 Å². The summed E-state index contributed by atoms with van der Waals surface area (Å²) in [4.78, 5) is 31.3. The fourth-order valence-corrected chi connectivity index (χ4v) is 2.91. The Morgan fingerprint density at radius 3 is 2.71 bits per heavy atom. The summed E-state index contributed by atoms with van der Waals surface area (Å²) in [6, 6.07) is 2.89. The number of pyridine rings is 1. The number of nitrogens with zero attached hydrogens (tertiary/aromatic N) is 5. The van der Waals surface area contributed by atoms with Gasteiger partial charge < -0.3 is 14.5 Å². The van der Waals surface area contributed by atoms with Gasteiger partial charge in [0, 0.05) is 29.5 Å². The van der Waals surface area contributed by atoms with Gasteiger partial charge in [-0.15, -0.1) is 15.3 Å². The lowest BCUT2D eigenvalue weighted by molar-refractivity contribution is -0.153. The van der Waals surface area contributed by atoms with Gasteiger partial charge in [-0.05, 0) is 12.1 Å². The van der Waals surface area contributed by atoms with E-state index in [1.807, 2.05) is 4.98 Å². The van der Waals surface area contributed by atoms with E-state index in [4.69, 9.17) is 8.85 Å². The van der Waals surface area contributed by atoms with Crippen molar-refractivity contribution in [2.45, 2.75) is 18.7 Å². The van der Waals surface area contributed by atoms with E-state index < -0.39 is 66.5 Å². The molecular weight excluding hydrogens is 485 g/mol. The molecule has 16 heteroatoms. The number of aryl methyl sites for hydroxylation is 1. The van der Waals surface area contributed by atoms with Crippen molar-refractivity contribution in [1.82, 2.24) is 34.9 Å². The highest BCUT2D eigenvalue weighted by atomic mass is 19.4. The largest absolute Gasteiger partial charge is 0.484 e. The first-order chi connectivity index (χ1) is 17.7. The Morgan fingerprint density at radius 2 is 2.03 bits per heavy atom. The highest BCUT2D eigenvalue weighted by Gasteiger charge is 2.31. The molecule has 0 amide bonds. The zero-order chi connectivity index (χ0) is 27.8. The number of rotatable bonds is 7. The van der Waals surface area contributed by atoms with Crippen molar-refractivity contribution < 1.29 is 35.5 Å². The summed E-state index contributed by atoms with van der Waals surface area (Å²) in [6.45, 7) is -4.65. The first-order valence-electron chi connectivity index (χ1n) is 10.9. The summed E-state index contributed by atoms with van der Waals surface area (Å²) in [5.41, 5.74) is -3.06. The summed E-state index contributed by atoms with van der Waals surface area (Å²) in [5, 5.41) is 10.9. The Hall–Kier alpha value is -4.37. The molecule has 0 aromatic carbocycles. The lowest BCUT2D eigenvalue weighted by Crippen LogP contribution is -2.22. The quantitative estimate of drug-likeness (QED) is 0.366. The number of alkyl halides is 5. The predicted molar refractivity (Wildman–Crippen MR) is 108 cm³/mol. The van der Waals surface area contributed by atoms with E-state index in [9.17, 15) is 31.5 Å².